The zero-order valence-electron chi connectivity index (χ0n) is 28.2. The van der Waals surface area contributed by atoms with Crippen molar-refractivity contribution in [1.82, 2.24) is 20.4 Å². The third kappa shape index (κ3) is 14.3. The normalized spacial score (nSPS) is 17.6. The van der Waals surface area contributed by atoms with Crippen LogP contribution in [0.25, 0.3) is 0 Å². The summed E-state index contributed by atoms with van der Waals surface area (Å²) in [5, 5.41) is 27.1. The molecule has 4 N–H and O–H groups in total. The van der Waals surface area contributed by atoms with Crippen molar-refractivity contribution in [2.45, 2.75) is 95.2 Å². The number of nitrogens with zero attached hydrogens (tertiary/aromatic N) is 2. The average Bonchev–Trinajstić information content (AvgIpc) is 3.04. The molecule has 4 unspecified atom stereocenters. The monoisotopic (exact) mass is 676 g/mol. The molecule has 0 aromatic heterocycles. The van der Waals surface area contributed by atoms with E-state index in [2.05, 4.69) is 22.5 Å². The SMILES string of the molecule is C#CCC(O)[C@H](O)C(CC1CCCCC1)NC(=O)[C@@H](NC(=O)C(CC(=O)N(C)CCN(C)CC(F)(F)F)Cc1ccccc1)C(C)C#C. The van der Waals surface area contributed by atoms with E-state index >= 15 is 0 Å². The van der Waals surface area contributed by atoms with Crippen molar-refractivity contribution >= 4 is 17.7 Å². The fourth-order valence-electron chi connectivity index (χ4n) is 5.99. The summed E-state index contributed by atoms with van der Waals surface area (Å²) < 4.78 is 38.2. The van der Waals surface area contributed by atoms with E-state index in [1.54, 1.807) is 31.2 Å². The largest absolute Gasteiger partial charge is 0.401 e. The molecule has 1 aromatic rings. The van der Waals surface area contributed by atoms with Gasteiger partial charge in [0.25, 0.3) is 0 Å². The van der Waals surface area contributed by atoms with E-state index < -0.39 is 66.6 Å². The molecular weight excluding hydrogens is 625 g/mol. The lowest BCUT2D eigenvalue weighted by molar-refractivity contribution is -0.144. The summed E-state index contributed by atoms with van der Waals surface area (Å²) in [4.78, 5) is 43.1. The molecule has 3 amide bonds. The zero-order chi connectivity index (χ0) is 35.9. The molecule has 1 saturated carbocycles. The van der Waals surface area contributed by atoms with Gasteiger partial charge in [-0.05, 0) is 38.3 Å². The Morgan fingerprint density at radius 2 is 1.65 bits per heavy atom. The van der Waals surface area contributed by atoms with E-state index in [1.165, 1.54) is 19.0 Å². The summed E-state index contributed by atoms with van der Waals surface area (Å²) in [7, 11) is 2.77. The third-order valence-electron chi connectivity index (χ3n) is 8.93. The number of carbonyl (C=O) groups excluding carboxylic acids is 3. The molecule has 0 spiro atoms. The lowest BCUT2D eigenvalue weighted by Crippen LogP contribution is -2.57. The zero-order valence-corrected chi connectivity index (χ0v) is 28.2. The number of nitrogens with one attached hydrogen (secondary N) is 2. The smallest absolute Gasteiger partial charge is 0.389 e. The lowest BCUT2D eigenvalue weighted by atomic mass is 9.82. The highest BCUT2D eigenvalue weighted by molar-refractivity contribution is 5.91. The van der Waals surface area contributed by atoms with Crippen LogP contribution in [-0.2, 0) is 20.8 Å². The van der Waals surface area contributed by atoms with Gasteiger partial charge >= 0.3 is 6.18 Å². The quantitative estimate of drug-likeness (QED) is 0.178. The van der Waals surface area contributed by atoms with Crippen LogP contribution in [0.2, 0.25) is 0 Å². The van der Waals surface area contributed by atoms with Crippen molar-refractivity contribution in [2.24, 2.45) is 17.8 Å². The first-order chi connectivity index (χ1) is 22.6. The Balaban J connectivity index is 2.24. The van der Waals surface area contributed by atoms with Crippen molar-refractivity contribution in [3.63, 3.8) is 0 Å². The molecule has 12 heteroatoms. The number of hydrogen-bond donors (Lipinski definition) is 4. The van der Waals surface area contributed by atoms with Crippen LogP contribution in [0.4, 0.5) is 13.2 Å². The number of amides is 3. The van der Waals surface area contributed by atoms with E-state index in [4.69, 9.17) is 12.8 Å². The van der Waals surface area contributed by atoms with Gasteiger partial charge in [-0.1, -0.05) is 62.4 Å². The second-order valence-electron chi connectivity index (χ2n) is 13.0. The molecule has 0 radical (unpaired) electrons. The van der Waals surface area contributed by atoms with Crippen LogP contribution in [0.5, 0.6) is 0 Å². The van der Waals surface area contributed by atoms with E-state index in [9.17, 15) is 37.8 Å². The maximum absolute atomic E-state index is 13.8. The highest BCUT2D eigenvalue weighted by atomic mass is 19.4. The lowest BCUT2D eigenvalue weighted by Gasteiger charge is -2.33. The summed E-state index contributed by atoms with van der Waals surface area (Å²) in [5.41, 5.74) is 0.766. The molecule has 266 valence electrons. The molecular formula is C36H51F3N4O5. The van der Waals surface area contributed by atoms with Crippen molar-refractivity contribution in [3.8, 4) is 24.7 Å². The summed E-state index contributed by atoms with van der Waals surface area (Å²) >= 11 is 0. The maximum Gasteiger partial charge on any atom is 0.401 e. The Hall–Kier alpha value is -3.58. The number of aliphatic hydroxyl groups is 2. The first-order valence-electron chi connectivity index (χ1n) is 16.5. The van der Waals surface area contributed by atoms with Crippen LogP contribution < -0.4 is 10.6 Å². The third-order valence-corrected chi connectivity index (χ3v) is 8.93. The number of benzene rings is 1. The summed E-state index contributed by atoms with van der Waals surface area (Å²) in [6, 6.07) is 6.91. The molecule has 0 saturated heterocycles. The Bertz CT molecular complexity index is 1240. The molecule has 9 nitrogen and oxygen atoms in total. The highest BCUT2D eigenvalue weighted by Gasteiger charge is 2.36. The second kappa shape index (κ2) is 20.1. The van der Waals surface area contributed by atoms with Gasteiger partial charge in [0.2, 0.25) is 17.7 Å². The second-order valence-corrected chi connectivity index (χ2v) is 13.0. The number of halogens is 3. The van der Waals surface area contributed by atoms with Gasteiger partial charge in [0.1, 0.15) is 12.1 Å². The Labute approximate surface area is 283 Å². The van der Waals surface area contributed by atoms with Gasteiger partial charge in [-0.15, -0.1) is 24.7 Å². The first-order valence-corrected chi connectivity index (χ1v) is 16.5. The Kier molecular flexibility index (Phi) is 17.0. The molecule has 0 bridgehead atoms. The predicted octanol–water partition coefficient (Wildman–Crippen LogP) is 3.14. The van der Waals surface area contributed by atoms with Crippen LogP contribution in [0, 0.1) is 42.4 Å². The van der Waals surface area contributed by atoms with Crippen molar-refractivity contribution in [2.75, 3.05) is 33.7 Å². The number of alkyl halides is 3. The summed E-state index contributed by atoms with van der Waals surface area (Å²) in [5.74, 6) is 1.64. The standard InChI is InChI=1S/C36H51F3N4O5/c1-6-14-30(44)33(46)29(22-27-17-12-9-13-18-27)40-35(48)32(25(3)7-2)41-34(47)28(21-26-15-10-8-11-16-26)23-31(45)43(5)20-19-42(4)24-36(37,38)39/h1-2,8,10-11,15-16,25,27-30,32-33,44,46H,9,12-14,17-24H2,3-5H3,(H,40,48)(H,41,47)/t25?,28?,29?,30?,32-,33+/m0/s1. The van der Waals surface area contributed by atoms with Gasteiger partial charge < -0.3 is 25.7 Å². The van der Waals surface area contributed by atoms with Crippen LogP contribution in [0.3, 0.4) is 0 Å². The molecule has 1 aromatic carbocycles. The minimum atomic E-state index is -4.37. The number of likely N-dealkylation sites (N-methyl/N-ethyl adjacent to an activating group) is 2. The average molecular weight is 677 g/mol. The van der Waals surface area contributed by atoms with Gasteiger partial charge in [-0.2, -0.15) is 13.2 Å². The Morgan fingerprint density at radius 1 is 1.00 bits per heavy atom. The first kappa shape index (κ1) is 40.6. The summed E-state index contributed by atoms with van der Waals surface area (Å²) in [6.45, 7) is 0.461. The molecule has 1 fully saturated rings. The molecule has 1 aliphatic carbocycles. The van der Waals surface area contributed by atoms with Crippen LogP contribution in [0.1, 0.15) is 63.9 Å². The fourth-order valence-corrected chi connectivity index (χ4v) is 5.99. The minimum Gasteiger partial charge on any atom is -0.389 e. The minimum absolute atomic E-state index is 0.0144. The van der Waals surface area contributed by atoms with Gasteiger partial charge in [-0.25, -0.2) is 0 Å². The van der Waals surface area contributed by atoms with Crippen LogP contribution in [-0.4, -0.2) is 102 Å². The number of hydrogen-bond acceptors (Lipinski definition) is 6. The Morgan fingerprint density at radius 3 is 2.23 bits per heavy atom. The van der Waals surface area contributed by atoms with E-state index in [1.807, 2.05) is 6.07 Å². The van der Waals surface area contributed by atoms with Crippen molar-refractivity contribution < 1.29 is 37.8 Å². The van der Waals surface area contributed by atoms with Crippen molar-refractivity contribution in [1.29, 1.82) is 0 Å². The van der Waals surface area contributed by atoms with Crippen LogP contribution in [0.15, 0.2) is 30.3 Å². The van der Waals surface area contributed by atoms with Crippen LogP contribution >= 0.6 is 0 Å². The molecule has 2 rings (SSSR count). The number of carbonyl (C=O) groups is 3. The van der Waals surface area contributed by atoms with E-state index in [0.717, 1.165) is 42.6 Å². The van der Waals surface area contributed by atoms with Gasteiger partial charge in [0.15, 0.2) is 0 Å². The number of rotatable bonds is 18. The van der Waals surface area contributed by atoms with Crippen molar-refractivity contribution in [3.05, 3.63) is 35.9 Å². The molecule has 48 heavy (non-hydrogen) atoms. The number of terminal acetylenes is 2. The topological polar surface area (TPSA) is 122 Å². The predicted molar refractivity (Wildman–Crippen MR) is 178 cm³/mol. The highest BCUT2D eigenvalue weighted by Crippen LogP contribution is 2.29. The fraction of sp³-hybridized carbons (Fsp3) is 0.639. The number of aliphatic hydroxyl groups excluding tert-OH is 2. The van der Waals surface area contributed by atoms with Gasteiger partial charge in [-0.3, -0.25) is 19.3 Å². The molecule has 0 aliphatic heterocycles. The molecule has 6 atom stereocenters. The van der Waals surface area contributed by atoms with Gasteiger partial charge in [0, 0.05) is 38.9 Å². The maximum atomic E-state index is 13.8. The molecule has 1 aliphatic rings. The van der Waals surface area contributed by atoms with E-state index in [0.29, 0.717) is 6.42 Å². The van der Waals surface area contributed by atoms with Gasteiger partial charge in [0.05, 0.1) is 24.6 Å². The summed E-state index contributed by atoms with van der Waals surface area (Å²) in [6.07, 6.45) is 9.28. The van der Waals surface area contributed by atoms with E-state index in [-0.39, 0.29) is 38.3 Å². The molecule has 0 heterocycles.